The minimum absolute atomic E-state index is 0.0333. The highest BCUT2D eigenvalue weighted by molar-refractivity contribution is 5.74. The number of ether oxygens (including phenoxy) is 1. The Morgan fingerprint density at radius 1 is 1.42 bits per heavy atom. The topological polar surface area (TPSA) is 80.5 Å². The van der Waals surface area contributed by atoms with E-state index < -0.39 is 0 Å². The van der Waals surface area contributed by atoms with Gasteiger partial charge in [0.15, 0.2) is 5.82 Å². The lowest BCUT2D eigenvalue weighted by atomic mass is 10.1. The zero-order chi connectivity index (χ0) is 16.8. The van der Waals surface area contributed by atoms with Crippen LogP contribution in [0, 0.1) is 0 Å². The Kier molecular flexibility index (Phi) is 5.43. The number of aromatic nitrogens is 2. The van der Waals surface area contributed by atoms with Crippen molar-refractivity contribution in [3.05, 3.63) is 47.6 Å². The van der Waals surface area contributed by atoms with Gasteiger partial charge >= 0.3 is 6.03 Å². The van der Waals surface area contributed by atoms with Crippen LogP contribution in [0.3, 0.4) is 0 Å². The van der Waals surface area contributed by atoms with Crippen molar-refractivity contribution in [1.82, 2.24) is 20.4 Å². The molecular weight excluding hydrogens is 308 g/mol. The number of urea groups is 1. The molecule has 1 aromatic carbocycles. The fourth-order valence-electron chi connectivity index (χ4n) is 2.84. The van der Waals surface area contributed by atoms with Crippen LogP contribution in [0.2, 0.25) is 0 Å². The molecule has 2 heterocycles. The van der Waals surface area contributed by atoms with E-state index >= 15 is 0 Å². The molecule has 1 N–H and O–H groups in total. The van der Waals surface area contributed by atoms with E-state index in [0.717, 1.165) is 12.8 Å². The molecule has 1 aliphatic rings. The van der Waals surface area contributed by atoms with E-state index in [0.29, 0.717) is 38.0 Å². The van der Waals surface area contributed by atoms with E-state index in [1.54, 1.807) is 7.11 Å². The summed E-state index contributed by atoms with van der Waals surface area (Å²) in [7, 11) is 1.58. The molecule has 3 rings (SSSR count). The SMILES string of the molecule is COCc1nc(C2CCN(C(=O)NCCc3ccccc3)C2)no1. The molecule has 0 radical (unpaired) electrons. The van der Waals surface area contributed by atoms with Crippen LogP contribution >= 0.6 is 0 Å². The van der Waals surface area contributed by atoms with Crippen LogP contribution in [0.15, 0.2) is 34.9 Å². The van der Waals surface area contributed by atoms with Gasteiger partial charge in [-0.05, 0) is 18.4 Å². The Morgan fingerprint density at radius 2 is 2.25 bits per heavy atom. The van der Waals surface area contributed by atoms with E-state index in [1.165, 1.54) is 5.56 Å². The Bertz CT molecular complexity index is 659. The predicted octanol–water partition coefficient (Wildman–Crippen LogP) is 1.96. The monoisotopic (exact) mass is 330 g/mol. The van der Waals surface area contributed by atoms with Crippen molar-refractivity contribution in [1.29, 1.82) is 0 Å². The molecule has 1 saturated heterocycles. The summed E-state index contributed by atoms with van der Waals surface area (Å²) >= 11 is 0. The molecule has 7 heteroatoms. The van der Waals surface area contributed by atoms with Crippen LogP contribution in [0.25, 0.3) is 0 Å². The summed E-state index contributed by atoms with van der Waals surface area (Å²) in [6, 6.07) is 10.1. The number of benzene rings is 1. The first-order valence-electron chi connectivity index (χ1n) is 8.14. The summed E-state index contributed by atoms with van der Waals surface area (Å²) in [5.41, 5.74) is 1.22. The maximum absolute atomic E-state index is 12.3. The van der Waals surface area contributed by atoms with Gasteiger partial charge in [0.1, 0.15) is 6.61 Å². The van der Waals surface area contributed by atoms with Crippen molar-refractivity contribution in [3.63, 3.8) is 0 Å². The fraction of sp³-hybridized carbons (Fsp3) is 0.471. The van der Waals surface area contributed by atoms with Crippen molar-refractivity contribution in [2.45, 2.75) is 25.4 Å². The first-order valence-corrected chi connectivity index (χ1v) is 8.14. The molecule has 2 aromatic rings. The molecular formula is C17H22N4O3. The molecule has 128 valence electrons. The van der Waals surface area contributed by atoms with Gasteiger partial charge in [-0.15, -0.1) is 0 Å². The van der Waals surface area contributed by atoms with Gasteiger partial charge in [0, 0.05) is 32.7 Å². The average molecular weight is 330 g/mol. The van der Waals surface area contributed by atoms with Crippen LogP contribution in [-0.2, 0) is 17.8 Å². The molecule has 1 fully saturated rings. The maximum Gasteiger partial charge on any atom is 0.317 e. The first kappa shape index (κ1) is 16.4. The number of carbonyl (C=O) groups is 1. The van der Waals surface area contributed by atoms with Gasteiger partial charge < -0.3 is 19.5 Å². The summed E-state index contributed by atoms with van der Waals surface area (Å²) in [5, 5.41) is 6.96. The highest BCUT2D eigenvalue weighted by Crippen LogP contribution is 2.25. The van der Waals surface area contributed by atoms with Crippen LogP contribution < -0.4 is 5.32 Å². The number of hydrogen-bond donors (Lipinski definition) is 1. The van der Waals surface area contributed by atoms with Crippen molar-refractivity contribution < 1.29 is 14.1 Å². The standard InChI is InChI=1S/C17H22N4O3/c1-23-12-15-19-16(20-24-15)14-8-10-21(11-14)17(22)18-9-7-13-5-3-2-4-6-13/h2-6,14H,7-12H2,1H3,(H,18,22). The highest BCUT2D eigenvalue weighted by Gasteiger charge is 2.30. The van der Waals surface area contributed by atoms with Crippen LogP contribution in [0.5, 0.6) is 0 Å². The molecule has 1 aliphatic heterocycles. The van der Waals surface area contributed by atoms with Gasteiger partial charge in [-0.3, -0.25) is 0 Å². The zero-order valence-electron chi connectivity index (χ0n) is 13.8. The molecule has 0 saturated carbocycles. The number of hydrogen-bond acceptors (Lipinski definition) is 5. The normalized spacial score (nSPS) is 17.2. The van der Waals surface area contributed by atoms with Crippen LogP contribution in [-0.4, -0.2) is 47.8 Å². The molecule has 7 nitrogen and oxygen atoms in total. The van der Waals surface area contributed by atoms with Gasteiger partial charge in [0.05, 0.1) is 0 Å². The van der Waals surface area contributed by atoms with Crippen LogP contribution in [0.4, 0.5) is 4.79 Å². The van der Waals surface area contributed by atoms with Crippen molar-refractivity contribution in [3.8, 4) is 0 Å². The molecule has 24 heavy (non-hydrogen) atoms. The zero-order valence-corrected chi connectivity index (χ0v) is 13.8. The highest BCUT2D eigenvalue weighted by atomic mass is 16.5. The Morgan fingerprint density at radius 3 is 3.04 bits per heavy atom. The van der Waals surface area contributed by atoms with E-state index in [-0.39, 0.29) is 11.9 Å². The molecule has 0 bridgehead atoms. The smallest absolute Gasteiger partial charge is 0.317 e. The minimum atomic E-state index is -0.0333. The number of carbonyl (C=O) groups excluding carboxylic acids is 1. The Labute approximate surface area is 141 Å². The fourth-order valence-corrected chi connectivity index (χ4v) is 2.84. The number of nitrogens with zero attached hydrogens (tertiary/aromatic N) is 3. The molecule has 0 aliphatic carbocycles. The number of rotatable bonds is 6. The van der Waals surface area contributed by atoms with Crippen molar-refractivity contribution in [2.75, 3.05) is 26.7 Å². The predicted molar refractivity (Wildman–Crippen MR) is 87.5 cm³/mol. The quantitative estimate of drug-likeness (QED) is 0.876. The molecule has 1 aromatic heterocycles. The van der Waals surface area contributed by atoms with Crippen molar-refractivity contribution in [2.24, 2.45) is 0 Å². The minimum Gasteiger partial charge on any atom is -0.375 e. The summed E-state index contributed by atoms with van der Waals surface area (Å²) in [5.74, 6) is 1.25. The molecule has 2 amide bonds. The molecule has 1 atom stereocenters. The lowest BCUT2D eigenvalue weighted by Gasteiger charge is -2.16. The molecule has 0 spiro atoms. The largest absolute Gasteiger partial charge is 0.375 e. The van der Waals surface area contributed by atoms with Gasteiger partial charge in [-0.2, -0.15) is 4.98 Å². The summed E-state index contributed by atoms with van der Waals surface area (Å²) in [4.78, 5) is 18.4. The summed E-state index contributed by atoms with van der Waals surface area (Å²) in [6.45, 7) is 2.26. The van der Waals surface area contributed by atoms with Gasteiger partial charge in [0.25, 0.3) is 5.89 Å². The Hall–Kier alpha value is -2.41. The Balaban J connectivity index is 1.45. The number of likely N-dealkylation sites (tertiary alicyclic amines) is 1. The van der Waals surface area contributed by atoms with Gasteiger partial charge in [-0.1, -0.05) is 35.5 Å². The van der Waals surface area contributed by atoms with Gasteiger partial charge in [-0.25, -0.2) is 4.79 Å². The number of amides is 2. The average Bonchev–Trinajstić information content (AvgIpc) is 3.25. The van der Waals surface area contributed by atoms with Gasteiger partial charge in [0.2, 0.25) is 0 Å². The first-order chi connectivity index (χ1) is 11.8. The maximum atomic E-state index is 12.3. The summed E-state index contributed by atoms with van der Waals surface area (Å²) in [6.07, 6.45) is 1.67. The third-order valence-electron chi connectivity index (χ3n) is 4.12. The third-order valence-corrected chi connectivity index (χ3v) is 4.12. The second kappa shape index (κ2) is 7.92. The third kappa shape index (κ3) is 4.11. The molecule has 1 unspecified atom stereocenters. The van der Waals surface area contributed by atoms with E-state index in [4.69, 9.17) is 9.26 Å². The van der Waals surface area contributed by atoms with E-state index in [1.807, 2.05) is 23.1 Å². The number of nitrogens with one attached hydrogen (secondary N) is 1. The lowest BCUT2D eigenvalue weighted by Crippen LogP contribution is -2.39. The second-order valence-electron chi connectivity index (χ2n) is 5.88. The van der Waals surface area contributed by atoms with Crippen molar-refractivity contribution >= 4 is 6.03 Å². The number of methoxy groups -OCH3 is 1. The lowest BCUT2D eigenvalue weighted by molar-refractivity contribution is 0.151. The summed E-state index contributed by atoms with van der Waals surface area (Å²) < 4.78 is 10.1. The van der Waals surface area contributed by atoms with Crippen LogP contribution in [0.1, 0.15) is 29.6 Å². The van der Waals surface area contributed by atoms with E-state index in [9.17, 15) is 4.79 Å². The van der Waals surface area contributed by atoms with E-state index in [2.05, 4.69) is 27.6 Å². The second-order valence-corrected chi connectivity index (χ2v) is 5.88.